The fraction of sp³-hybridized carbons (Fsp3) is 0.458. The van der Waals surface area contributed by atoms with Crippen molar-refractivity contribution in [3.63, 3.8) is 0 Å². The number of nitrogens with one attached hydrogen (secondary N) is 1. The van der Waals surface area contributed by atoms with Crippen LogP contribution in [0.4, 0.5) is 5.69 Å². The molecule has 6 nitrogen and oxygen atoms in total. The lowest BCUT2D eigenvalue weighted by Gasteiger charge is -2.33. The van der Waals surface area contributed by atoms with Crippen molar-refractivity contribution in [1.82, 2.24) is 9.62 Å². The van der Waals surface area contributed by atoms with Gasteiger partial charge in [-0.25, -0.2) is 8.42 Å². The van der Waals surface area contributed by atoms with Gasteiger partial charge in [0.05, 0.1) is 17.5 Å². The smallest absolute Gasteiger partial charge is 0.243 e. The van der Waals surface area contributed by atoms with E-state index in [0.29, 0.717) is 5.92 Å². The molecule has 32 heavy (non-hydrogen) atoms. The molecule has 1 fully saturated rings. The molecular formula is C24H33N3O3S2. The summed E-state index contributed by atoms with van der Waals surface area (Å²) in [5, 5.41) is 2.91. The van der Waals surface area contributed by atoms with Crippen LogP contribution in [0.5, 0.6) is 0 Å². The van der Waals surface area contributed by atoms with E-state index >= 15 is 0 Å². The second-order valence-electron chi connectivity index (χ2n) is 8.51. The Morgan fingerprint density at radius 2 is 1.84 bits per heavy atom. The quantitative estimate of drug-likeness (QED) is 0.581. The van der Waals surface area contributed by atoms with Gasteiger partial charge in [-0.15, -0.1) is 11.8 Å². The third-order valence-electron chi connectivity index (χ3n) is 5.93. The van der Waals surface area contributed by atoms with Crippen molar-refractivity contribution in [1.29, 1.82) is 0 Å². The average Bonchev–Trinajstić information content (AvgIpc) is 2.79. The lowest BCUT2D eigenvalue weighted by Crippen LogP contribution is -2.39. The van der Waals surface area contributed by atoms with Gasteiger partial charge in [-0.05, 0) is 73.9 Å². The number of piperidine rings is 1. The largest absolute Gasteiger partial charge is 0.371 e. The van der Waals surface area contributed by atoms with Gasteiger partial charge < -0.3 is 10.2 Å². The van der Waals surface area contributed by atoms with Crippen LogP contribution in [0.15, 0.2) is 58.3 Å². The van der Waals surface area contributed by atoms with E-state index in [1.54, 1.807) is 36.0 Å². The number of likely N-dealkylation sites (N-methyl/N-ethyl adjacent to an activating group) is 1. The van der Waals surface area contributed by atoms with Crippen molar-refractivity contribution in [3.8, 4) is 0 Å². The number of thioether (sulfide) groups is 1. The number of hydrogen-bond acceptors (Lipinski definition) is 5. The number of rotatable bonds is 8. The fourth-order valence-corrected chi connectivity index (χ4v) is 5.52. The molecule has 0 radical (unpaired) electrons. The summed E-state index contributed by atoms with van der Waals surface area (Å²) in [7, 11) is -2.30. The first-order valence-electron chi connectivity index (χ1n) is 11.0. The third kappa shape index (κ3) is 6.05. The second-order valence-corrected chi connectivity index (χ2v) is 11.4. The molecule has 8 heteroatoms. The molecule has 174 valence electrons. The molecule has 0 aliphatic carbocycles. The zero-order valence-corrected chi connectivity index (χ0v) is 20.9. The highest BCUT2D eigenvalue weighted by molar-refractivity contribution is 7.98. The van der Waals surface area contributed by atoms with E-state index in [4.69, 9.17) is 0 Å². The summed E-state index contributed by atoms with van der Waals surface area (Å²) in [5.41, 5.74) is 2.20. The summed E-state index contributed by atoms with van der Waals surface area (Å²) in [5.74, 6) is 0.372. The van der Waals surface area contributed by atoms with Crippen molar-refractivity contribution in [2.45, 2.75) is 42.5 Å². The van der Waals surface area contributed by atoms with Crippen molar-refractivity contribution in [2.75, 3.05) is 37.8 Å². The summed E-state index contributed by atoms with van der Waals surface area (Å²) < 4.78 is 26.6. The minimum Gasteiger partial charge on any atom is -0.371 e. The maximum Gasteiger partial charge on any atom is 0.243 e. The Balaban J connectivity index is 1.57. The van der Waals surface area contributed by atoms with Gasteiger partial charge in [-0.1, -0.05) is 19.1 Å². The zero-order valence-electron chi connectivity index (χ0n) is 19.2. The number of carbonyl (C=O) groups excluding carboxylic acids is 1. The van der Waals surface area contributed by atoms with Crippen LogP contribution in [0.2, 0.25) is 0 Å². The number of anilines is 1. The van der Waals surface area contributed by atoms with Crippen LogP contribution in [0.3, 0.4) is 0 Å². The molecule has 2 aromatic carbocycles. The van der Waals surface area contributed by atoms with Crippen LogP contribution in [0.1, 0.15) is 38.3 Å². The first-order chi connectivity index (χ1) is 15.2. The van der Waals surface area contributed by atoms with Crippen LogP contribution < -0.4 is 10.2 Å². The first kappa shape index (κ1) is 24.6. The summed E-state index contributed by atoms with van der Waals surface area (Å²) in [6, 6.07) is 14.7. The predicted molar refractivity (Wildman–Crippen MR) is 132 cm³/mol. The monoisotopic (exact) mass is 475 g/mol. The molecule has 1 heterocycles. The topological polar surface area (TPSA) is 69.7 Å². The van der Waals surface area contributed by atoms with E-state index in [1.165, 1.54) is 25.6 Å². The summed E-state index contributed by atoms with van der Waals surface area (Å²) in [6.45, 7) is 6.12. The van der Waals surface area contributed by atoms with Crippen molar-refractivity contribution >= 4 is 33.4 Å². The van der Waals surface area contributed by atoms with Crippen molar-refractivity contribution in [2.24, 2.45) is 5.92 Å². The van der Waals surface area contributed by atoms with E-state index in [9.17, 15) is 13.2 Å². The van der Waals surface area contributed by atoms with Gasteiger partial charge in [0.25, 0.3) is 0 Å². The van der Waals surface area contributed by atoms with Crippen LogP contribution in [0, 0.1) is 5.92 Å². The van der Waals surface area contributed by atoms with Crippen molar-refractivity contribution in [3.05, 3.63) is 54.1 Å². The Hall–Kier alpha value is -2.03. The van der Waals surface area contributed by atoms with Gasteiger partial charge in [0.1, 0.15) is 0 Å². The van der Waals surface area contributed by atoms with Gasteiger partial charge in [-0.2, -0.15) is 4.31 Å². The van der Waals surface area contributed by atoms with Crippen LogP contribution >= 0.6 is 11.8 Å². The van der Waals surface area contributed by atoms with Gasteiger partial charge in [0, 0.05) is 30.7 Å². The Labute approximate surface area is 196 Å². The highest BCUT2D eigenvalue weighted by Gasteiger charge is 2.24. The Morgan fingerprint density at radius 3 is 2.44 bits per heavy atom. The lowest BCUT2D eigenvalue weighted by molar-refractivity contribution is -0.121. The number of sulfonamides is 1. The summed E-state index contributed by atoms with van der Waals surface area (Å²) >= 11 is 1.55. The molecule has 0 unspecified atom stereocenters. The fourth-order valence-electron chi connectivity index (χ4n) is 3.98. The molecule has 0 bridgehead atoms. The highest BCUT2D eigenvalue weighted by atomic mass is 32.2. The molecule has 0 saturated carbocycles. The molecule has 1 aliphatic heterocycles. The third-order valence-corrected chi connectivity index (χ3v) is 8.49. The van der Waals surface area contributed by atoms with Gasteiger partial charge in [0.2, 0.25) is 15.9 Å². The molecule has 1 N–H and O–H groups in total. The number of amides is 1. The molecule has 0 spiro atoms. The molecule has 3 rings (SSSR count). The minimum absolute atomic E-state index is 0.182. The van der Waals surface area contributed by atoms with Crippen molar-refractivity contribution < 1.29 is 13.2 Å². The van der Waals surface area contributed by atoms with E-state index in [0.717, 1.165) is 27.9 Å². The van der Waals surface area contributed by atoms with Gasteiger partial charge >= 0.3 is 0 Å². The van der Waals surface area contributed by atoms with E-state index < -0.39 is 10.0 Å². The normalized spacial score (nSPS) is 17.9. The summed E-state index contributed by atoms with van der Waals surface area (Å²) in [6.07, 6.45) is 4.43. The van der Waals surface area contributed by atoms with E-state index in [1.807, 2.05) is 25.3 Å². The average molecular weight is 476 g/mol. The van der Waals surface area contributed by atoms with Crippen LogP contribution in [-0.2, 0) is 14.8 Å². The van der Waals surface area contributed by atoms with E-state index in [-0.39, 0.29) is 23.4 Å². The number of carbonyl (C=O) groups is 1. The lowest BCUT2D eigenvalue weighted by atomic mass is 9.99. The molecular weight excluding hydrogens is 442 g/mol. The Bertz CT molecular complexity index is 1010. The first-order valence-corrected chi connectivity index (χ1v) is 13.6. The van der Waals surface area contributed by atoms with Gasteiger partial charge in [-0.3, -0.25) is 4.79 Å². The molecule has 1 aliphatic rings. The molecule has 0 aromatic heterocycles. The molecule has 2 atom stereocenters. The maximum absolute atomic E-state index is 12.8. The molecule has 1 amide bonds. The molecule has 2 aromatic rings. The second kappa shape index (κ2) is 10.7. The van der Waals surface area contributed by atoms with E-state index in [2.05, 4.69) is 29.3 Å². The summed E-state index contributed by atoms with van der Waals surface area (Å²) in [4.78, 5) is 16.1. The highest BCUT2D eigenvalue weighted by Crippen LogP contribution is 2.25. The Kier molecular flexibility index (Phi) is 8.25. The zero-order chi connectivity index (χ0) is 23.3. The molecule has 1 saturated heterocycles. The predicted octanol–water partition coefficient (Wildman–Crippen LogP) is 4.14. The number of nitrogens with zero attached hydrogens (tertiary/aromatic N) is 2. The maximum atomic E-state index is 12.8. The number of hydrogen-bond donors (Lipinski definition) is 1. The van der Waals surface area contributed by atoms with Crippen LogP contribution in [-0.4, -0.2) is 51.6 Å². The Morgan fingerprint density at radius 1 is 1.19 bits per heavy atom. The SMILES string of the molecule is CSc1ccc(S(=O)(=O)N(C)CC(=O)N[C@@H](C)c2ccc(N3CCC[C@@H](C)C3)cc2)cc1. The number of benzene rings is 2. The van der Waals surface area contributed by atoms with Gasteiger partial charge in [0.15, 0.2) is 0 Å². The van der Waals surface area contributed by atoms with Crippen LogP contribution in [0.25, 0.3) is 0 Å². The minimum atomic E-state index is -3.72. The standard InChI is InChI=1S/C24H33N3O3S2/c1-18-6-5-15-27(16-18)21-9-7-20(8-10-21)19(2)25-24(28)17-26(3)32(29,30)23-13-11-22(31-4)12-14-23/h7-14,18-19H,5-6,15-17H2,1-4H3,(H,25,28)/t18-,19+/m1/s1.